The zero-order chi connectivity index (χ0) is 35.8. The maximum Gasteiger partial charge on any atom is -0.00201 e. The lowest BCUT2D eigenvalue weighted by Crippen LogP contribution is -1.93. The van der Waals surface area contributed by atoms with Crippen LogP contribution in [0.2, 0.25) is 0 Å². The van der Waals surface area contributed by atoms with Crippen LogP contribution >= 0.6 is 0 Å². The second-order valence-electron chi connectivity index (χ2n) is 14.1. The summed E-state index contributed by atoms with van der Waals surface area (Å²) in [6, 6.07) is 70.7. The van der Waals surface area contributed by atoms with Crippen molar-refractivity contribution in [2.45, 2.75) is 0 Å². The average molecular weight is 685 g/mol. The summed E-state index contributed by atoms with van der Waals surface area (Å²) in [5.74, 6) is 0. The van der Waals surface area contributed by atoms with Crippen molar-refractivity contribution in [3.8, 4) is 22.3 Å². The van der Waals surface area contributed by atoms with E-state index in [1.54, 1.807) is 0 Å². The second-order valence-corrected chi connectivity index (χ2v) is 14.1. The van der Waals surface area contributed by atoms with E-state index in [1.807, 2.05) is 0 Å². The van der Waals surface area contributed by atoms with Crippen LogP contribution in [-0.2, 0) is 0 Å². The Balaban J connectivity index is 1.21. The summed E-state index contributed by atoms with van der Waals surface area (Å²) in [6.07, 6.45) is 9.10. The quantitative estimate of drug-likeness (QED) is 0.121. The predicted octanol–water partition coefficient (Wildman–Crippen LogP) is 15.1. The summed E-state index contributed by atoms with van der Waals surface area (Å²) in [5, 5.41) is 12.5. The highest BCUT2D eigenvalue weighted by molar-refractivity contribution is 6.22. The van der Waals surface area contributed by atoms with Crippen LogP contribution < -0.4 is 0 Å². The van der Waals surface area contributed by atoms with Crippen LogP contribution in [0.3, 0.4) is 0 Å². The van der Waals surface area contributed by atoms with Gasteiger partial charge in [0, 0.05) is 0 Å². The molecule has 10 aromatic carbocycles. The fraction of sp³-hybridized carbons (Fsp3) is 0. The zero-order valence-corrected chi connectivity index (χ0v) is 29.8. The molecule has 10 aromatic rings. The van der Waals surface area contributed by atoms with Gasteiger partial charge in [0.05, 0.1) is 0 Å². The highest BCUT2D eigenvalue weighted by atomic mass is 14.2. The van der Waals surface area contributed by atoms with Crippen molar-refractivity contribution >= 4 is 78.2 Å². The minimum absolute atomic E-state index is 1.16. The first kappa shape index (κ1) is 31.7. The molecule has 0 saturated heterocycles. The van der Waals surface area contributed by atoms with Crippen molar-refractivity contribution in [2.24, 2.45) is 0 Å². The smallest absolute Gasteiger partial charge is 0.00201 e. The Labute approximate surface area is 315 Å². The fourth-order valence-corrected chi connectivity index (χ4v) is 8.27. The van der Waals surface area contributed by atoms with E-state index in [1.165, 1.54) is 92.8 Å². The van der Waals surface area contributed by atoms with Gasteiger partial charge in [-0.2, -0.15) is 0 Å². The summed E-state index contributed by atoms with van der Waals surface area (Å²) in [7, 11) is 0. The standard InChI is InChI=1S/C54H36/c1-2-16-44-36-45(34-31-38(44)13-1)53-48-23-7-9-25-50(48)54(51-26-10-8-24-49(51)53)52-35-37(27-29-41-19-11-17-39-14-3-5-21-46(39)41)28-30-43(52)33-32-42-20-12-18-40-15-4-6-22-47(40)42/h1-36H. The van der Waals surface area contributed by atoms with Gasteiger partial charge in [0.1, 0.15) is 0 Å². The van der Waals surface area contributed by atoms with Crippen LogP contribution in [-0.4, -0.2) is 0 Å². The van der Waals surface area contributed by atoms with E-state index in [0.717, 1.165) is 5.56 Å². The van der Waals surface area contributed by atoms with Crippen molar-refractivity contribution in [2.75, 3.05) is 0 Å². The molecule has 0 bridgehead atoms. The lowest BCUT2D eigenvalue weighted by molar-refractivity contribution is 1.60. The average Bonchev–Trinajstić information content (AvgIpc) is 3.24. The van der Waals surface area contributed by atoms with E-state index in [-0.39, 0.29) is 0 Å². The van der Waals surface area contributed by atoms with Crippen LogP contribution in [0.15, 0.2) is 194 Å². The molecular weight excluding hydrogens is 649 g/mol. The number of rotatable bonds is 6. The highest BCUT2D eigenvalue weighted by Gasteiger charge is 2.18. The van der Waals surface area contributed by atoms with Crippen LogP contribution in [0.4, 0.5) is 0 Å². The van der Waals surface area contributed by atoms with Crippen molar-refractivity contribution in [3.63, 3.8) is 0 Å². The monoisotopic (exact) mass is 684 g/mol. The molecule has 0 N–H and O–H groups in total. The van der Waals surface area contributed by atoms with Gasteiger partial charge in [0.2, 0.25) is 0 Å². The van der Waals surface area contributed by atoms with Gasteiger partial charge in [-0.3, -0.25) is 0 Å². The summed E-state index contributed by atoms with van der Waals surface area (Å²) < 4.78 is 0. The lowest BCUT2D eigenvalue weighted by atomic mass is 9.84. The fourth-order valence-electron chi connectivity index (χ4n) is 8.27. The Kier molecular flexibility index (Phi) is 7.93. The van der Waals surface area contributed by atoms with Crippen LogP contribution in [0, 0.1) is 0 Å². The van der Waals surface area contributed by atoms with Gasteiger partial charge >= 0.3 is 0 Å². The van der Waals surface area contributed by atoms with Gasteiger partial charge in [-0.25, -0.2) is 0 Å². The molecule has 0 radical (unpaired) electrons. The molecule has 0 aliphatic heterocycles. The van der Waals surface area contributed by atoms with Crippen LogP contribution in [0.1, 0.15) is 22.3 Å². The third-order valence-corrected chi connectivity index (χ3v) is 10.9. The molecular formula is C54H36. The Hall–Kier alpha value is -7.02. The van der Waals surface area contributed by atoms with E-state index in [9.17, 15) is 0 Å². The van der Waals surface area contributed by atoms with E-state index < -0.39 is 0 Å². The molecule has 54 heavy (non-hydrogen) atoms. The van der Waals surface area contributed by atoms with Gasteiger partial charge in [0.15, 0.2) is 0 Å². The third-order valence-electron chi connectivity index (χ3n) is 10.9. The number of benzene rings is 10. The van der Waals surface area contributed by atoms with E-state index in [0.29, 0.717) is 0 Å². The van der Waals surface area contributed by atoms with Crippen LogP contribution in [0.25, 0.3) is 100 Å². The van der Waals surface area contributed by atoms with Crippen molar-refractivity contribution in [1.29, 1.82) is 0 Å². The second kappa shape index (κ2) is 13.5. The topological polar surface area (TPSA) is 0 Å². The molecule has 252 valence electrons. The third kappa shape index (κ3) is 5.66. The van der Waals surface area contributed by atoms with Gasteiger partial charge in [-0.05, 0) is 111 Å². The minimum Gasteiger partial charge on any atom is -0.0616 e. The molecule has 0 fully saturated rings. The maximum atomic E-state index is 2.38. The Morgan fingerprint density at radius 1 is 0.259 bits per heavy atom. The van der Waals surface area contributed by atoms with Gasteiger partial charge in [0.25, 0.3) is 0 Å². The maximum absolute atomic E-state index is 2.38. The number of hydrogen-bond acceptors (Lipinski definition) is 0. The molecule has 0 amide bonds. The predicted molar refractivity (Wildman–Crippen MR) is 236 cm³/mol. The molecule has 0 aliphatic rings. The number of hydrogen-bond donors (Lipinski definition) is 0. The summed E-state index contributed by atoms with van der Waals surface area (Å²) in [6.45, 7) is 0. The van der Waals surface area contributed by atoms with Crippen LogP contribution in [0.5, 0.6) is 0 Å². The van der Waals surface area contributed by atoms with E-state index in [2.05, 4.69) is 218 Å². The van der Waals surface area contributed by atoms with Gasteiger partial charge in [-0.15, -0.1) is 0 Å². The molecule has 0 aliphatic carbocycles. The zero-order valence-electron chi connectivity index (χ0n) is 29.8. The van der Waals surface area contributed by atoms with Crippen molar-refractivity contribution in [1.82, 2.24) is 0 Å². The Bertz CT molecular complexity index is 3030. The first-order valence-corrected chi connectivity index (χ1v) is 18.7. The SMILES string of the molecule is C(=Cc1cccc2ccccc12)c1ccc(C=Cc2cccc3ccccc23)c(-c2c3ccccc3c(-c3ccc4ccccc4c3)c3ccccc23)c1. The van der Waals surface area contributed by atoms with E-state index in [4.69, 9.17) is 0 Å². The summed E-state index contributed by atoms with van der Waals surface area (Å²) in [4.78, 5) is 0. The largest absolute Gasteiger partial charge is 0.0616 e. The molecule has 10 rings (SSSR count). The lowest BCUT2D eigenvalue weighted by Gasteiger charge is -2.19. The van der Waals surface area contributed by atoms with Crippen molar-refractivity contribution in [3.05, 3.63) is 216 Å². The molecule has 0 atom stereocenters. The molecule has 0 nitrogen and oxygen atoms in total. The molecule has 0 unspecified atom stereocenters. The molecule has 0 saturated carbocycles. The van der Waals surface area contributed by atoms with Gasteiger partial charge < -0.3 is 0 Å². The minimum atomic E-state index is 1.16. The highest BCUT2D eigenvalue weighted by Crippen LogP contribution is 2.45. The first-order valence-electron chi connectivity index (χ1n) is 18.7. The summed E-state index contributed by atoms with van der Waals surface area (Å²) >= 11 is 0. The van der Waals surface area contributed by atoms with Gasteiger partial charge in [-0.1, -0.05) is 206 Å². The molecule has 0 heterocycles. The number of fused-ring (bicyclic) bond motifs is 5. The van der Waals surface area contributed by atoms with E-state index >= 15 is 0 Å². The molecule has 0 spiro atoms. The Morgan fingerprint density at radius 3 is 1.33 bits per heavy atom. The van der Waals surface area contributed by atoms with Crippen molar-refractivity contribution < 1.29 is 0 Å². The first-order chi connectivity index (χ1) is 26.8. The summed E-state index contributed by atoms with van der Waals surface area (Å²) in [5.41, 5.74) is 9.73. The normalized spacial score (nSPS) is 11.9. The Morgan fingerprint density at radius 2 is 0.722 bits per heavy atom. The molecule has 0 aromatic heterocycles. The molecule has 0 heteroatoms.